The number of likely N-dealkylation sites (tertiary alicyclic amines) is 1. The van der Waals surface area contributed by atoms with E-state index in [1.807, 2.05) is 24.3 Å². The van der Waals surface area contributed by atoms with Crippen LogP contribution in [-0.4, -0.2) is 56.4 Å². The van der Waals surface area contributed by atoms with Crippen molar-refractivity contribution in [1.82, 2.24) is 24.5 Å². The second kappa shape index (κ2) is 11.8. The Morgan fingerprint density at radius 3 is 2.62 bits per heavy atom. The van der Waals surface area contributed by atoms with E-state index in [4.69, 9.17) is 15.5 Å². The Hall–Kier alpha value is -2.66. The molecule has 7 nitrogen and oxygen atoms in total. The number of hydrogen-bond donors (Lipinski definition) is 1. The number of aromatic nitrogens is 4. The number of hydrogen-bond acceptors (Lipinski definition) is 6. The Labute approximate surface area is 225 Å². The molecule has 1 aliphatic heterocycles. The first-order chi connectivity index (χ1) is 16.8. The summed E-state index contributed by atoms with van der Waals surface area (Å²) in [6.07, 6.45) is -0.508. The summed E-state index contributed by atoms with van der Waals surface area (Å²) in [5.41, 5.74) is 7.63. The molecule has 200 valence electrons. The molecule has 3 aromatic heterocycles. The van der Waals surface area contributed by atoms with Crippen molar-refractivity contribution in [2.24, 2.45) is 5.73 Å². The molecule has 4 heterocycles. The first kappa shape index (κ1) is 28.9. The van der Waals surface area contributed by atoms with Crippen LogP contribution in [0, 0.1) is 0 Å². The average Bonchev–Trinajstić information content (AvgIpc) is 3.44. The minimum absolute atomic E-state index is 0. The van der Waals surface area contributed by atoms with E-state index >= 15 is 0 Å². The summed E-state index contributed by atoms with van der Waals surface area (Å²) >= 11 is 0. The largest absolute Gasteiger partial charge is 0.491 e. The fourth-order valence-electron chi connectivity index (χ4n) is 4.59. The number of halogens is 5. The van der Waals surface area contributed by atoms with Crippen LogP contribution in [0.1, 0.15) is 37.8 Å². The van der Waals surface area contributed by atoms with Gasteiger partial charge in [-0.1, -0.05) is 37.6 Å². The fraction of sp³-hybridized carbons (Fsp3) is 0.400. The molecule has 1 fully saturated rings. The van der Waals surface area contributed by atoms with Gasteiger partial charge in [0.25, 0.3) is 0 Å². The summed E-state index contributed by atoms with van der Waals surface area (Å²) in [6, 6.07) is 10.4. The summed E-state index contributed by atoms with van der Waals surface area (Å²) in [5.74, 6) is 1.03. The summed E-state index contributed by atoms with van der Waals surface area (Å²) in [4.78, 5) is 6.15. The van der Waals surface area contributed by atoms with E-state index in [0.29, 0.717) is 48.0 Å². The van der Waals surface area contributed by atoms with E-state index in [9.17, 15) is 13.2 Å². The van der Waals surface area contributed by atoms with Gasteiger partial charge in [-0.15, -0.1) is 35.0 Å². The molecule has 2 N–H and O–H groups in total. The fourth-order valence-corrected chi connectivity index (χ4v) is 4.59. The van der Waals surface area contributed by atoms with Gasteiger partial charge in [0.2, 0.25) is 0 Å². The lowest BCUT2D eigenvalue weighted by Gasteiger charge is -2.30. The second-order valence-electron chi connectivity index (χ2n) is 8.93. The number of nitrogens with two attached hydrogens (primary N) is 1. The molecule has 4 aromatic rings. The number of rotatable bonds is 7. The van der Waals surface area contributed by atoms with E-state index in [1.165, 1.54) is 17.2 Å². The van der Waals surface area contributed by atoms with Crippen molar-refractivity contribution in [3.8, 4) is 17.3 Å². The Kier molecular flexibility index (Phi) is 9.22. The summed E-state index contributed by atoms with van der Waals surface area (Å²) in [5, 5.41) is 9.30. The molecule has 1 aliphatic rings. The zero-order valence-electron chi connectivity index (χ0n) is 20.2. The molecule has 37 heavy (non-hydrogen) atoms. The van der Waals surface area contributed by atoms with Crippen molar-refractivity contribution in [3.05, 3.63) is 54.2 Å². The number of pyridine rings is 2. The number of fused-ring (bicyclic) bond motifs is 2. The molecule has 5 rings (SSSR count). The summed E-state index contributed by atoms with van der Waals surface area (Å²) < 4.78 is 49.9. The lowest BCUT2D eigenvalue weighted by molar-refractivity contribution is -0.183. The predicted octanol–water partition coefficient (Wildman–Crippen LogP) is 5.60. The van der Waals surface area contributed by atoms with Crippen LogP contribution in [0.2, 0.25) is 0 Å². The first-order valence-corrected chi connectivity index (χ1v) is 11.8. The Bertz CT molecular complexity index is 1350. The topological polar surface area (TPSA) is 81.6 Å². The second-order valence-corrected chi connectivity index (χ2v) is 8.93. The molecule has 0 amide bonds. The smallest absolute Gasteiger partial charge is 0.408 e. The standard InChI is InChI=1S/C25H27F3N6O.2ClH/c1-2-3-13-35-20-6-4-5-16-7-9-19(30-22(16)20)24-32-31-21-10-8-17(14-34(21)24)23(25(26,27)28)33-12-11-18(29)15-33;;/h4-10,14,18,23H,2-3,11-13,15,29H2,1H3;2*1H/t18-,23?;;/m1../s1. The van der Waals surface area contributed by atoms with Gasteiger partial charge < -0.3 is 10.5 Å². The minimum Gasteiger partial charge on any atom is -0.491 e. The summed E-state index contributed by atoms with van der Waals surface area (Å²) in [7, 11) is 0. The van der Waals surface area contributed by atoms with Crippen LogP contribution in [-0.2, 0) is 0 Å². The number of para-hydroxylation sites is 1. The van der Waals surface area contributed by atoms with Gasteiger partial charge in [0.1, 0.15) is 23.0 Å². The maximum atomic E-state index is 14.1. The van der Waals surface area contributed by atoms with E-state index in [-0.39, 0.29) is 43.0 Å². The molecule has 1 aromatic carbocycles. The van der Waals surface area contributed by atoms with Crippen molar-refractivity contribution in [3.63, 3.8) is 0 Å². The lowest BCUT2D eigenvalue weighted by Crippen LogP contribution is -2.38. The van der Waals surface area contributed by atoms with Crippen LogP contribution in [0.5, 0.6) is 5.75 Å². The van der Waals surface area contributed by atoms with Crippen molar-refractivity contribution in [2.75, 3.05) is 19.7 Å². The van der Waals surface area contributed by atoms with E-state index in [2.05, 4.69) is 17.1 Å². The lowest BCUT2D eigenvalue weighted by atomic mass is 10.1. The van der Waals surface area contributed by atoms with Crippen molar-refractivity contribution < 1.29 is 17.9 Å². The molecule has 0 saturated carbocycles. The van der Waals surface area contributed by atoms with Gasteiger partial charge in [-0.2, -0.15) is 13.2 Å². The molecule has 1 saturated heterocycles. The summed E-state index contributed by atoms with van der Waals surface area (Å²) in [6.45, 7) is 3.17. The predicted molar refractivity (Wildman–Crippen MR) is 142 cm³/mol. The highest BCUT2D eigenvalue weighted by Crippen LogP contribution is 2.39. The molecule has 0 bridgehead atoms. The van der Waals surface area contributed by atoms with Gasteiger partial charge in [-0.25, -0.2) is 4.98 Å². The van der Waals surface area contributed by atoms with Crippen LogP contribution in [0.4, 0.5) is 13.2 Å². The molecule has 0 aliphatic carbocycles. The molecule has 0 spiro atoms. The molecule has 2 atom stereocenters. The van der Waals surface area contributed by atoms with Gasteiger partial charge >= 0.3 is 6.18 Å². The highest BCUT2D eigenvalue weighted by Gasteiger charge is 2.46. The highest BCUT2D eigenvalue weighted by atomic mass is 35.5. The van der Waals surface area contributed by atoms with Crippen LogP contribution in [0.15, 0.2) is 48.7 Å². The van der Waals surface area contributed by atoms with Crippen LogP contribution in [0.25, 0.3) is 28.1 Å². The number of benzene rings is 1. The zero-order valence-corrected chi connectivity index (χ0v) is 21.8. The molecular formula is C25H29Cl2F3N6O. The highest BCUT2D eigenvalue weighted by molar-refractivity contribution is 5.86. The maximum Gasteiger partial charge on any atom is 0.408 e. The van der Waals surface area contributed by atoms with Crippen LogP contribution >= 0.6 is 24.8 Å². The van der Waals surface area contributed by atoms with Gasteiger partial charge in [-0.05, 0) is 36.6 Å². The van der Waals surface area contributed by atoms with E-state index in [1.54, 1.807) is 16.5 Å². The van der Waals surface area contributed by atoms with Crippen molar-refractivity contribution >= 4 is 41.4 Å². The Morgan fingerprint density at radius 2 is 1.92 bits per heavy atom. The Balaban J connectivity index is 0.00000190. The Morgan fingerprint density at radius 1 is 1.11 bits per heavy atom. The van der Waals surface area contributed by atoms with Crippen molar-refractivity contribution in [2.45, 2.75) is 44.4 Å². The minimum atomic E-state index is -4.45. The number of ether oxygens (including phenoxy) is 1. The third kappa shape index (κ3) is 5.93. The van der Waals surface area contributed by atoms with Crippen molar-refractivity contribution in [1.29, 1.82) is 0 Å². The monoisotopic (exact) mass is 556 g/mol. The molecule has 1 unspecified atom stereocenters. The van der Waals surface area contributed by atoms with Gasteiger partial charge in [0.15, 0.2) is 11.5 Å². The third-order valence-electron chi connectivity index (χ3n) is 6.34. The van der Waals surface area contributed by atoms with E-state index < -0.39 is 12.2 Å². The number of nitrogens with zero attached hydrogens (tertiary/aromatic N) is 5. The molecule has 0 radical (unpaired) electrons. The third-order valence-corrected chi connectivity index (χ3v) is 6.34. The maximum absolute atomic E-state index is 14.1. The van der Waals surface area contributed by atoms with Crippen LogP contribution < -0.4 is 10.5 Å². The number of alkyl halides is 3. The SMILES string of the molecule is CCCCOc1cccc2ccc(-c3nnc4ccc(C(N5CC[C@@H](N)C5)C(F)(F)F)cn34)nc12.Cl.Cl. The van der Waals surface area contributed by atoms with Gasteiger partial charge in [0.05, 0.1) is 6.61 Å². The quantitative estimate of drug-likeness (QED) is 0.298. The van der Waals surface area contributed by atoms with Gasteiger partial charge in [-0.3, -0.25) is 9.30 Å². The average molecular weight is 557 g/mol. The van der Waals surface area contributed by atoms with Crippen LogP contribution in [0.3, 0.4) is 0 Å². The number of unbranched alkanes of at least 4 members (excludes halogenated alkanes) is 1. The molecule has 12 heteroatoms. The molecular weight excluding hydrogens is 528 g/mol. The zero-order chi connectivity index (χ0) is 24.6. The normalized spacial score (nSPS) is 16.9. The first-order valence-electron chi connectivity index (χ1n) is 11.8. The van der Waals surface area contributed by atoms with Gasteiger partial charge in [0, 0.05) is 30.7 Å². The van der Waals surface area contributed by atoms with E-state index in [0.717, 1.165) is 18.2 Å².